The molecule has 0 spiro atoms. The predicted molar refractivity (Wildman–Crippen MR) is 138 cm³/mol. The summed E-state index contributed by atoms with van der Waals surface area (Å²) in [6.45, 7) is 1.15. The maximum absolute atomic E-state index is 13.5. The Bertz CT molecular complexity index is 1540. The number of rotatable bonds is 8. The van der Waals surface area contributed by atoms with E-state index >= 15 is 0 Å². The fraction of sp³-hybridized carbons (Fsp3) is 0.154. The van der Waals surface area contributed by atoms with E-state index in [1.165, 1.54) is 30.0 Å². The zero-order valence-corrected chi connectivity index (χ0v) is 20.9. The Morgan fingerprint density at radius 2 is 1.61 bits per heavy atom. The lowest BCUT2D eigenvalue weighted by Gasteiger charge is -2.24. The summed E-state index contributed by atoms with van der Waals surface area (Å²) in [5.74, 6) is -0.228. The molecule has 0 radical (unpaired) electrons. The third kappa shape index (κ3) is 4.76. The van der Waals surface area contributed by atoms with Crippen molar-refractivity contribution in [2.75, 3.05) is 23.3 Å². The normalized spacial score (nSPS) is 11.2. The third-order valence-corrected chi connectivity index (χ3v) is 7.57. The number of para-hydroxylation sites is 1. The average molecular weight is 507 g/mol. The van der Waals surface area contributed by atoms with Crippen LogP contribution >= 0.6 is 0 Å². The summed E-state index contributed by atoms with van der Waals surface area (Å²) in [6.07, 6.45) is 0. The Morgan fingerprint density at radius 3 is 2.25 bits per heavy atom. The molecule has 186 valence electrons. The van der Waals surface area contributed by atoms with Crippen molar-refractivity contribution in [2.45, 2.75) is 11.8 Å². The maximum atomic E-state index is 13.5. The number of carbonyl (C=O) groups is 1. The van der Waals surface area contributed by atoms with Gasteiger partial charge in [0.1, 0.15) is 18.0 Å². The summed E-state index contributed by atoms with van der Waals surface area (Å²) in [4.78, 5) is 26.4. The zero-order valence-electron chi connectivity index (χ0n) is 20.1. The van der Waals surface area contributed by atoms with E-state index in [1.807, 2.05) is 18.2 Å². The van der Waals surface area contributed by atoms with Crippen LogP contribution in [0.4, 0.5) is 11.4 Å². The number of amides is 1. The lowest BCUT2D eigenvalue weighted by molar-refractivity contribution is -0.114. The van der Waals surface area contributed by atoms with Gasteiger partial charge < -0.3 is 10.1 Å². The van der Waals surface area contributed by atoms with Crippen LogP contribution in [0.15, 0.2) is 94.6 Å². The molecule has 0 bridgehead atoms. The molecule has 10 heteroatoms. The minimum Gasteiger partial charge on any atom is -0.497 e. The van der Waals surface area contributed by atoms with Gasteiger partial charge in [-0.3, -0.25) is 18.6 Å². The fourth-order valence-electron chi connectivity index (χ4n) is 3.82. The SMILES string of the molecule is COc1cccc(N(CC(=O)Nc2c(C)n(C)n(-c3ccccc3)c2=O)S(=O)(=O)c2ccccc2)c1. The number of aromatic nitrogens is 2. The maximum Gasteiger partial charge on any atom is 0.295 e. The molecule has 0 unspecified atom stereocenters. The summed E-state index contributed by atoms with van der Waals surface area (Å²) < 4.78 is 36.4. The number of sulfonamides is 1. The van der Waals surface area contributed by atoms with E-state index in [4.69, 9.17) is 4.74 Å². The second-order valence-electron chi connectivity index (χ2n) is 8.01. The van der Waals surface area contributed by atoms with Crippen molar-refractivity contribution in [3.05, 3.63) is 101 Å². The first-order chi connectivity index (χ1) is 17.2. The molecule has 0 aliphatic rings. The van der Waals surface area contributed by atoms with Crippen LogP contribution in [0.3, 0.4) is 0 Å². The molecule has 0 aliphatic heterocycles. The van der Waals surface area contributed by atoms with Gasteiger partial charge in [0.15, 0.2) is 0 Å². The second-order valence-corrected chi connectivity index (χ2v) is 9.87. The number of nitrogens with one attached hydrogen (secondary N) is 1. The van der Waals surface area contributed by atoms with Gasteiger partial charge in [-0.1, -0.05) is 42.5 Å². The van der Waals surface area contributed by atoms with Gasteiger partial charge in [-0.15, -0.1) is 0 Å². The molecule has 0 saturated heterocycles. The summed E-state index contributed by atoms with van der Waals surface area (Å²) >= 11 is 0. The predicted octanol–water partition coefficient (Wildman–Crippen LogP) is 3.33. The highest BCUT2D eigenvalue weighted by Crippen LogP contribution is 2.27. The first-order valence-corrected chi connectivity index (χ1v) is 12.5. The monoisotopic (exact) mass is 506 g/mol. The molecule has 0 saturated carbocycles. The number of nitrogens with zero attached hydrogens (tertiary/aromatic N) is 3. The van der Waals surface area contributed by atoms with Gasteiger partial charge in [0.2, 0.25) is 5.91 Å². The third-order valence-electron chi connectivity index (χ3n) is 5.78. The van der Waals surface area contributed by atoms with Crippen LogP contribution in [-0.4, -0.2) is 37.3 Å². The quantitative estimate of drug-likeness (QED) is 0.395. The highest BCUT2D eigenvalue weighted by molar-refractivity contribution is 7.92. The Kier molecular flexibility index (Phi) is 6.98. The largest absolute Gasteiger partial charge is 0.497 e. The summed E-state index contributed by atoms with van der Waals surface area (Å²) in [7, 11) is -0.924. The molecule has 1 aromatic heterocycles. The van der Waals surface area contributed by atoms with Crippen LogP contribution in [0.2, 0.25) is 0 Å². The molecule has 4 rings (SSSR count). The number of benzene rings is 3. The van der Waals surface area contributed by atoms with E-state index in [-0.39, 0.29) is 16.3 Å². The number of hydrogen-bond donors (Lipinski definition) is 1. The highest BCUT2D eigenvalue weighted by atomic mass is 32.2. The lowest BCUT2D eigenvalue weighted by Crippen LogP contribution is -2.38. The van der Waals surface area contributed by atoms with E-state index in [2.05, 4.69) is 5.32 Å². The number of ether oxygens (including phenoxy) is 1. The van der Waals surface area contributed by atoms with Crippen molar-refractivity contribution >= 4 is 27.3 Å². The summed E-state index contributed by atoms with van der Waals surface area (Å²) in [5.41, 5.74) is 1.07. The standard InChI is InChI=1S/C26H26N4O5S/c1-19-25(26(32)30(28(19)2)20-11-6-4-7-12-20)27-24(31)18-29(21-13-10-14-22(17-21)35-3)36(33,34)23-15-8-5-9-16-23/h4-17H,18H2,1-3H3,(H,27,31). The van der Waals surface area contributed by atoms with E-state index in [9.17, 15) is 18.0 Å². The van der Waals surface area contributed by atoms with Gasteiger partial charge in [-0.05, 0) is 43.3 Å². The van der Waals surface area contributed by atoms with Crippen molar-refractivity contribution in [1.29, 1.82) is 0 Å². The number of methoxy groups -OCH3 is 1. The number of carbonyl (C=O) groups excluding carboxylic acids is 1. The van der Waals surface area contributed by atoms with E-state index in [1.54, 1.807) is 67.2 Å². The molecule has 4 aromatic rings. The molecular formula is C26H26N4O5S. The minimum absolute atomic E-state index is 0.0305. The smallest absolute Gasteiger partial charge is 0.295 e. The van der Waals surface area contributed by atoms with Gasteiger partial charge in [0.05, 0.1) is 29.1 Å². The van der Waals surface area contributed by atoms with Gasteiger partial charge in [-0.25, -0.2) is 13.1 Å². The van der Waals surface area contributed by atoms with E-state index in [0.29, 0.717) is 17.1 Å². The summed E-state index contributed by atoms with van der Waals surface area (Å²) in [6, 6.07) is 23.3. The number of hydrogen-bond acceptors (Lipinski definition) is 5. The number of anilines is 2. The Balaban J connectivity index is 1.70. The molecule has 1 amide bonds. The average Bonchev–Trinajstić information content (AvgIpc) is 3.11. The molecule has 1 heterocycles. The van der Waals surface area contributed by atoms with Gasteiger partial charge in [0.25, 0.3) is 15.6 Å². The second kappa shape index (κ2) is 10.1. The summed E-state index contributed by atoms with van der Waals surface area (Å²) in [5, 5.41) is 2.63. The van der Waals surface area contributed by atoms with Crippen LogP contribution in [0.1, 0.15) is 5.69 Å². The van der Waals surface area contributed by atoms with Gasteiger partial charge in [0, 0.05) is 13.1 Å². The fourth-order valence-corrected chi connectivity index (χ4v) is 5.26. The van der Waals surface area contributed by atoms with Crippen molar-refractivity contribution < 1.29 is 17.9 Å². The van der Waals surface area contributed by atoms with Crippen LogP contribution in [-0.2, 0) is 21.9 Å². The van der Waals surface area contributed by atoms with Crippen LogP contribution < -0.4 is 19.9 Å². The zero-order chi connectivity index (χ0) is 25.9. The van der Waals surface area contributed by atoms with Crippen LogP contribution in [0.5, 0.6) is 5.75 Å². The van der Waals surface area contributed by atoms with Crippen LogP contribution in [0, 0.1) is 6.92 Å². The molecule has 0 fully saturated rings. The molecule has 0 atom stereocenters. The van der Waals surface area contributed by atoms with Crippen molar-refractivity contribution in [3.63, 3.8) is 0 Å². The topological polar surface area (TPSA) is 103 Å². The first-order valence-electron chi connectivity index (χ1n) is 11.1. The highest BCUT2D eigenvalue weighted by Gasteiger charge is 2.28. The Labute approximate surface area is 209 Å². The van der Waals surface area contributed by atoms with Gasteiger partial charge in [-0.2, -0.15) is 0 Å². The Morgan fingerprint density at radius 1 is 0.972 bits per heavy atom. The van der Waals surface area contributed by atoms with Crippen molar-refractivity contribution in [1.82, 2.24) is 9.36 Å². The first kappa shape index (κ1) is 24.8. The minimum atomic E-state index is -4.10. The van der Waals surface area contributed by atoms with Crippen LogP contribution in [0.25, 0.3) is 5.69 Å². The molecule has 1 N–H and O–H groups in total. The molecule has 3 aromatic carbocycles. The lowest BCUT2D eigenvalue weighted by atomic mass is 10.3. The van der Waals surface area contributed by atoms with Gasteiger partial charge >= 0.3 is 0 Å². The molecule has 9 nitrogen and oxygen atoms in total. The molecule has 36 heavy (non-hydrogen) atoms. The van der Waals surface area contributed by atoms with E-state index in [0.717, 1.165) is 4.31 Å². The van der Waals surface area contributed by atoms with E-state index < -0.39 is 28.0 Å². The Hall–Kier alpha value is -4.31. The van der Waals surface area contributed by atoms with Crippen molar-refractivity contribution in [2.24, 2.45) is 7.05 Å². The molecular weight excluding hydrogens is 480 g/mol. The molecule has 0 aliphatic carbocycles. The van der Waals surface area contributed by atoms with Crippen molar-refractivity contribution in [3.8, 4) is 11.4 Å².